The van der Waals surface area contributed by atoms with Crippen LogP contribution in [0.1, 0.15) is 36.8 Å². The fourth-order valence-electron chi connectivity index (χ4n) is 3.37. The van der Waals surface area contributed by atoms with Gasteiger partial charge in [0.25, 0.3) is 0 Å². The Morgan fingerprint density at radius 3 is 2.81 bits per heavy atom. The Morgan fingerprint density at radius 1 is 1.33 bits per heavy atom. The third-order valence-electron chi connectivity index (χ3n) is 4.66. The zero-order valence-electron chi connectivity index (χ0n) is 12.5. The number of rotatable bonds is 3. The summed E-state index contributed by atoms with van der Waals surface area (Å²) in [5.41, 5.74) is 8.89. The summed E-state index contributed by atoms with van der Waals surface area (Å²) < 4.78 is 2.04. The van der Waals surface area contributed by atoms with Crippen molar-refractivity contribution in [3.63, 3.8) is 0 Å². The standard InChI is InChI=1S/C17H22N4/c1-20(15-7-5-14(19)6-8-15)11-13-12-21-9-3-2-4-17(21)16(13)10-18/h2-4,9,12,14-15H,5-8,11,19H2,1H3. The Bertz CT molecular complexity index is 659. The lowest BCUT2D eigenvalue weighted by Gasteiger charge is -2.33. The normalized spacial score (nSPS) is 22.6. The van der Waals surface area contributed by atoms with E-state index < -0.39 is 0 Å². The number of nitrogens with zero attached hydrogens (tertiary/aromatic N) is 3. The third kappa shape index (κ3) is 2.80. The SMILES string of the molecule is CN(Cc1cn2ccccc2c1C#N)C1CCC(N)CC1. The second-order valence-corrected chi connectivity index (χ2v) is 6.12. The molecule has 2 aromatic rings. The molecule has 0 amide bonds. The van der Waals surface area contributed by atoms with Crippen molar-refractivity contribution in [2.75, 3.05) is 7.05 Å². The van der Waals surface area contributed by atoms with Crippen molar-refractivity contribution in [3.05, 3.63) is 41.7 Å². The highest BCUT2D eigenvalue weighted by Gasteiger charge is 2.23. The molecule has 110 valence electrons. The zero-order chi connectivity index (χ0) is 14.8. The number of nitrogens with two attached hydrogens (primary N) is 1. The summed E-state index contributed by atoms with van der Waals surface area (Å²) in [7, 11) is 2.16. The lowest BCUT2D eigenvalue weighted by atomic mass is 9.91. The van der Waals surface area contributed by atoms with Crippen molar-refractivity contribution >= 4 is 5.52 Å². The van der Waals surface area contributed by atoms with E-state index in [4.69, 9.17) is 5.73 Å². The lowest BCUT2D eigenvalue weighted by molar-refractivity contribution is 0.176. The first-order chi connectivity index (χ1) is 10.2. The van der Waals surface area contributed by atoms with Gasteiger partial charge in [-0.05, 0) is 44.9 Å². The van der Waals surface area contributed by atoms with Gasteiger partial charge in [0.1, 0.15) is 6.07 Å². The molecular weight excluding hydrogens is 260 g/mol. The van der Waals surface area contributed by atoms with Crippen molar-refractivity contribution in [1.82, 2.24) is 9.30 Å². The molecule has 0 bridgehead atoms. The predicted octanol–water partition coefficient (Wildman–Crippen LogP) is 2.51. The third-order valence-corrected chi connectivity index (χ3v) is 4.66. The second kappa shape index (κ2) is 5.88. The highest BCUT2D eigenvalue weighted by atomic mass is 15.1. The monoisotopic (exact) mass is 282 g/mol. The van der Waals surface area contributed by atoms with Crippen LogP contribution in [-0.2, 0) is 6.54 Å². The molecule has 1 saturated carbocycles. The van der Waals surface area contributed by atoms with E-state index in [-0.39, 0.29) is 0 Å². The minimum atomic E-state index is 0.376. The van der Waals surface area contributed by atoms with Gasteiger partial charge in [-0.15, -0.1) is 0 Å². The molecule has 0 radical (unpaired) electrons. The molecule has 0 aliphatic heterocycles. The van der Waals surface area contributed by atoms with Gasteiger partial charge < -0.3 is 10.1 Å². The van der Waals surface area contributed by atoms with Crippen LogP contribution in [0.15, 0.2) is 30.6 Å². The van der Waals surface area contributed by atoms with Crippen LogP contribution in [0.2, 0.25) is 0 Å². The Kier molecular flexibility index (Phi) is 3.96. The number of hydrogen-bond acceptors (Lipinski definition) is 3. The van der Waals surface area contributed by atoms with Gasteiger partial charge in [-0.3, -0.25) is 4.90 Å². The molecule has 1 fully saturated rings. The molecule has 0 spiro atoms. The van der Waals surface area contributed by atoms with E-state index in [0.717, 1.165) is 48.9 Å². The Morgan fingerprint density at radius 2 is 2.10 bits per heavy atom. The molecule has 0 atom stereocenters. The van der Waals surface area contributed by atoms with E-state index in [1.54, 1.807) is 0 Å². The van der Waals surface area contributed by atoms with Crippen molar-refractivity contribution < 1.29 is 0 Å². The Labute approximate surface area is 125 Å². The van der Waals surface area contributed by atoms with Crippen LogP contribution in [0.4, 0.5) is 0 Å². The molecule has 1 aliphatic carbocycles. The smallest absolute Gasteiger partial charge is 0.102 e. The Hall–Kier alpha value is -1.83. The summed E-state index contributed by atoms with van der Waals surface area (Å²) in [5, 5.41) is 9.46. The summed E-state index contributed by atoms with van der Waals surface area (Å²) in [6, 6.07) is 9.30. The molecule has 4 heteroatoms. The van der Waals surface area contributed by atoms with Crippen LogP contribution in [-0.4, -0.2) is 28.4 Å². The van der Waals surface area contributed by atoms with Gasteiger partial charge in [0, 0.05) is 36.6 Å². The minimum absolute atomic E-state index is 0.376. The second-order valence-electron chi connectivity index (χ2n) is 6.12. The topological polar surface area (TPSA) is 57.5 Å². The minimum Gasteiger partial charge on any atom is -0.328 e. The predicted molar refractivity (Wildman–Crippen MR) is 83.8 cm³/mol. The number of aromatic nitrogens is 1. The molecule has 3 rings (SSSR count). The summed E-state index contributed by atoms with van der Waals surface area (Å²) in [6.45, 7) is 0.824. The van der Waals surface area contributed by atoms with E-state index in [1.165, 1.54) is 0 Å². The van der Waals surface area contributed by atoms with Crippen LogP contribution in [0, 0.1) is 11.3 Å². The van der Waals surface area contributed by atoms with Crippen molar-refractivity contribution in [2.45, 2.75) is 44.3 Å². The van der Waals surface area contributed by atoms with E-state index in [0.29, 0.717) is 12.1 Å². The molecule has 1 aliphatic rings. The molecule has 0 saturated heterocycles. The van der Waals surface area contributed by atoms with Gasteiger partial charge in [0.15, 0.2) is 0 Å². The number of hydrogen-bond donors (Lipinski definition) is 1. The average Bonchev–Trinajstić information content (AvgIpc) is 2.84. The maximum atomic E-state index is 9.46. The van der Waals surface area contributed by atoms with Crippen molar-refractivity contribution in [3.8, 4) is 6.07 Å². The van der Waals surface area contributed by atoms with E-state index >= 15 is 0 Å². The van der Waals surface area contributed by atoms with Crippen molar-refractivity contribution in [2.24, 2.45) is 5.73 Å². The summed E-state index contributed by atoms with van der Waals surface area (Å²) >= 11 is 0. The van der Waals surface area contributed by atoms with Gasteiger partial charge in [-0.25, -0.2) is 0 Å². The summed E-state index contributed by atoms with van der Waals surface area (Å²) in [5.74, 6) is 0. The van der Waals surface area contributed by atoms with Gasteiger partial charge in [0.05, 0.1) is 11.1 Å². The largest absolute Gasteiger partial charge is 0.328 e. The molecular formula is C17H22N4. The van der Waals surface area contributed by atoms with Crippen LogP contribution < -0.4 is 5.73 Å². The van der Waals surface area contributed by atoms with E-state index in [2.05, 4.69) is 24.2 Å². The molecule has 2 aromatic heterocycles. The molecule has 2 N–H and O–H groups in total. The maximum absolute atomic E-state index is 9.46. The fourth-order valence-corrected chi connectivity index (χ4v) is 3.37. The van der Waals surface area contributed by atoms with E-state index in [1.807, 2.05) is 28.8 Å². The first kappa shape index (κ1) is 14.1. The van der Waals surface area contributed by atoms with Crippen LogP contribution >= 0.6 is 0 Å². The summed E-state index contributed by atoms with van der Waals surface area (Å²) in [6.07, 6.45) is 8.62. The quantitative estimate of drug-likeness (QED) is 0.941. The fraction of sp³-hybridized carbons (Fsp3) is 0.471. The van der Waals surface area contributed by atoms with Crippen molar-refractivity contribution in [1.29, 1.82) is 5.26 Å². The Balaban J connectivity index is 1.80. The number of fused-ring (bicyclic) bond motifs is 1. The van der Waals surface area contributed by atoms with Crippen LogP contribution in [0.25, 0.3) is 5.52 Å². The molecule has 2 heterocycles. The first-order valence-electron chi connectivity index (χ1n) is 7.63. The van der Waals surface area contributed by atoms with Gasteiger partial charge >= 0.3 is 0 Å². The van der Waals surface area contributed by atoms with Gasteiger partial charge in [0.2, 0.25) is 0 Å². The van der Waals surface area contributed by atoms with Crippen LogP contribution in [0.5, 0.6) is 0 Å². The highest BCUT2D eigenvalue weighted by molar-refractivity contribution is 5.65. The molecule has 0 unspecified atom stereocenters. The summed E-state index contributed by atoms with van der Waals surface area (Å²) in [4.78, 5) is 2.38. The first-order valence-corrected chi connectivity index (χ1v) is 7.63. The average molecular weight is 282 g/mol. The zero-order valence-corrected chi connectivity index (χ0v) is 12.5. The van der Waals surface area contributed by atoms with Gasteiger partial charge in [-0.1, -0.05) is 6.07 Å². The molecule has 4 nitrogen and oxygen atoms in total. The van der Waals surface area contributed by atoms with E-state index in [9.17, 15) is 5.26 Å². The number of nitriles is 1. The van der Waals surface area contributed by atoms with Gasteiger partial charge in [-0.2, -0.15) is 5.26 Å². The molecule has 0 aromatic carbocycles. The maximum Gasteiger partial charge on any atom is 0.102 e. The van der Waals surface area contributed by atoms with Crippen LogP contribution in [0.3, 0.4) is 0 Å². The highest BCUT2D eigenvalue weighted by Crippen LogP contribution is 2.25. The molecule has 21 heavy (non-hydrogen) atoms. The lowest BCUT2D eigenvalue weighted by Crippen LogP contribution is -2.38. The number of pyridine rings is 1.